The Balaban J connectivity index is 0.000000265. The van der Waals surface area contributed by atoms with Crippen molar-refractivity contribution < 1.29 is 24.5 Å². The summed E-state index contributed by atoms with van der Waals surface area (Å²) in [4.78, 5) is 20.7. The fourth-order valence-electron chi connectivity index (χ4n) is 3.24. The molecule has 2 N–H and O–H groups in total. The van der Waals surface area contributed by atoms with Gasteiger partial charge in [-0.25, -0.2) is 9.59 Å². The molecule has 2 atom stereocenters. The molecule has 25 heavy (non-hydrogen) atoms. The number of nitrogens with zero attached hydrogens (tertiary/aromatic N) is 1. The van der Waals surface area contributed by atoms with E-state index >= 15 is 0 Å². The number of hydrogen-bond donors (Lipinski definition) is 2. The first kappa shape index (κ1) is 17.1. The Kier molecular flexibility index (Phi) is 5.11. The maximum atomic E-state index is 9.10. The predicted octanol–water partition coefficient (Wildman–Crippen LogP) is 2.47. The van der Waals surface area contributed by atoms with Gasteiger partial charge in [0.1, 0.15) is 0 Å². The Hall–Kier alpha value is -2.70. The van der Waals surface area contributed by atoms with Gasteiger partial charge in [-0.3, -0.25) is 4.90 Å². The first-order valence-electron chi connectivity index (χ1n) is 8.01. The SMILES string of the molecule is O=C(O)C(=O)O.c1ccc(CN2CC3OC(C2)c2ccccc23)cc1. The maximum Gasteiger partial charge on any atom is 0.414 e. The number of fused-ring (bicyclic) bond motifs is 5. The van der Waals surface area contributed by atoms with E-state index in [-0.39, 0.29) is 12.2 Å². The Morgan fingerprint density at radius 1 is 0.880 bits per heavy atom. The molecule has 2 aromatic rings. The van der Waals surface area contributed by atoms with Crippen LogP contribution in [-0.2, 0) is 20.9 Å². The molecular formula is C19H19NO5. The number of carbonyl (C=O) groups is 2. The fourth-order valence-corrected chi connectivity index (χ4v) is 3.24. The second kappa shape index (κ2) is 7.46. The molecule has 130 valence electrons. The van der Waals surface area contributed by atoms with Gasteiger partial charge in [-0.15, -0.1) is 0 Å². The van der Waals surface area contributed by atoms with Gasteiger partial charge in [0.15, 0.2) is 0 Å². The van der Waals surface area contributed by atoms with Crippen molar-refractivity contribution in [3.05, 3.63) is 71.3 Å². The van der Waals surface area contributed by atoms with Crippen molar-refractivity contribution >= 4 is 11.9 Å². The van der Waals surface area contributed by atoms with E-state index < -0.39 is 11.9 Å². The Morgan fingerprint density at radius 3 is 1.84 bits per heavy atom. The zero-order valence-electron chi connectivity index (χ0n) is 13.5. The summed E-state index contributed by atoms with van der Waals surface area (Å²) in [5, 5.41) is 14.8. The molecule has 6 heteroatoms. The smallest absolute Gasteiger partial charge is 0.414 e. The molecule has 2 aliphatic rings. The van der Waals surface area contributed by atoms with Gasteiger partial charge in [-0.1, -0.05) is 54.6 Å². The lowest BCUT2D eigenvalue weighted by atomic mass is 10.0. The van der Waals surface area contributed by atoms with Crippen LogP contribution in [0.3, 0.4) is 0 Å². The van der Waals surface area contributed by atoms with Crippen molar-refractivity contribution in [3.63, 3.8) is 0 Å². The van der Waals surface area contributed by atoms with Crippen molar-refractivity contribution in [3.8, 4) is 0 Å². The van der Waals surface area contributed by atoms with Crippen molar-refractivity contribution in [2.45, 2.75) is 18.8 Å². The van der Waals surface area contributed by atoms with E-state index in [4.69, 9.17) is 24.5 Å². The molecule has 2 aromatic carbocycles. The molecule has 0 amide bonds. The van der Waals surface area contributed by atoms with Gasteiger partial charge in [0.2, 0.25) is 0 Å². The standard InChI is InChI=1S/C17H17NO.C2H2O4/c1-2-6-13(7-3-1)10-18-11-16-14-8-4-5-9-15(14)17(12-18)19-16;3-1(4)2(5)6/h1-9,16-17H,10-12H2;(H,3,4)(H,5,6). The number of carboxylic acid groups (broad SMARTS) is 2. The largest absolute Gasteiger partial charge is 0.473 e. The number of ether oxygens (including phenoxy) is 1. The van der Waals surface area contributed by atoms with Crippen molar-refractivity contribution in [1.82, 2.24) is 4.90 Å². The maximum absolute atomic E-state index is 9.10. The first-order chi connectivity index (χ1) is 12.0. The number of benzene rings is 2. The van der Waals surface area contributed by atoms with Crippen LogP contribution in [0.2, 0.25) is 0 Å². The van der Waals surface area contributed by atoms with Gasteiger partial charge < -0.3 is 14.9 Å². The van der Waals surface area contributed by atoms with Crippen LogP contribution < -0.4 is 0 Å². The average Bonchev–Trinajstić information content (AvgIpc) is 2.87. The molecule has 1 fully saturated rings. The second-order valence-electron chi connectivity index (χ2n) is 6.03. The summed E-state index contributed by atoms with van der Waals surface area (Å²) in [7, 11) is 0. The Labute approximate surface area is 145 Å². The lowest BCUT2D eigenvalue weighted by Gasteiger charge is -2.32. The van der Waals surface area contributed by atoms with Crippen molar-refractivity contribution in [2.75, 3.05) is 13.1 Å². The lowest BCUT2D eigenvalue weighted by Crippen LogP contribution is -2.35. The Morgan fingerprint density at radius 2 is 1.36 bits per heavy atom. The van der Waals surface area contributed by atoms with E-state index in [1.54, 1.807) is 0 Å². The third-order valence-electron chi connectivity index (χ3n) is 4.30. The number of hydrogen-bond acceptors (Lipinski definition) is 4. The van der Waals surface area contributed by atoms with Crippen LogP contribution in [0.5, 0.6) is 0 Å². The summed E-state index contributed by atoms with van der Waals surface area (Å²) in [5.41, 5.74) is 4.17. The molecule has 2 heterocycles. The minimum absolute atomic E-state index is 0.263. The molecule has 0 saturated carbocycles. The van der Waals surface area contributed by atoms with Crippen LogP contribution in [0.15, 0.2) is 54.6 Å². The fraction of sp³-hybridized carbons (Fsp3) is 0.263. The minimum atomic E-state index is -1.82. The van der Waals surface area contributed by atoms with E-state index in [9.17, 15) is 0 Å². The van der Waals surface area contributed by atoms with Gasteiger partial charge in [0.05, 0.1) is 12.2 Å². The molecule has 4 rings (SSSR count). The van der Waals surface area contributed by atoms with E-state index in [2.05, 4.69) is 59.5 Å². The monoisotopic (exact) mass is 341 g/mol. The second-order valence-corrected chi connectivity index (χ2v) is 6.03. The third kappa shape index (κ3) is 4.04. The zero-order chi connectivity index (χ0) is 17.8. The van der Waals surface area contributed by atoms with Crippen LogP contribution in [0, 0.1) is 0 Å². The summed E-state index contributed by atoms with van der Waals surface area (Å²) in [6.45, 7) is 3.02. The normalized spacial score (nSPS) is 21.0. The topological polar surface area (TPSA) is 87.1 Å². The predicted molar refractivity (Wildman–Crippen MR) is 90.0 cm³/mol. The zero-order valence-corrected chi connectivity index (χ0v) is 13.5. The van der Waals surface area contributed by atoms with E-state index in [1.807, 2.05) is 0 Å². The molecule has 1 saturated heterocycles. The molecule has 6 nitrogen and oxygen atoms in total. The van der Waals surface area contributed by atoms with Gasteiger partial charge in [0.25, 0.3) is 0 Å². The van der Waals surface area contributed by atoms with E-state index in [1.165, 1.54) is 16.7 Å². The lowest BCUT2D eigenvalue weighted by molar-refractivity contribution is -0.159. The van der Waals surface area contributed by atoms with Gasteiger partial charge in [-0.2, -0.15) is 0 Å². The molecule has 0 aliphatic carbocycles. The van der Waals surface area contributed by atoms with Crippen LogP contribution in [-0.4, -0.2) is 40.1 Å². The van der Waals surface area contributed by atoms with E-state index in [0.717, 1.165) is 19.6 Å². The number of morpholine rings is 1. The van der Waals surface area contributed by atoms with Crippen LogP contribution in [0.1, 0.15) is 28.9 Å². The highest BCUT2D eigenvalue weighted by Gasteiger charge is 2.37. The number of aliphatic carboxylic acids is 2. The summed E-state index contributed by atoms with van der Waals surface area (Å²) < 4.78 is 6.09. The summed E-state index contributed by atoms with van der Waals surface area (Å²) >= 11 is 0. The molecule has 0 aromatic heterocycles. The highest BCUT2D eigenvalue weighted by molar-refractivity contribution is 6.27. The molecule has 2 bridgehead atoms. The molecule has 0 radical (unpaired) electrons. The van der Waals surface area contributed by atoms with Gasteiger partial charge in [0, 0.05) is 19.6 Å². The van der Waals surface area contributed by atoms with Crippen molar-refractivity contribution in [1.29, 1.82) is 0 Å². The highest BCUT2D eigenvalue weighted by atomic mass is 16.5. The number of carboxylic acids is 2. The van der Waals surface area contributed by atoms with Crippen LogP contribution >= 0.6 is 0 Å². The molecule has 2 aliphatic heterocycles. The summed E-state index contributed by atoms with van der Waals surface area (Å²) in [5.74, 6) is -3.65. The molecular weight excluding hydrogens is 322 g/mol. The average molecular weight is 341 g/mol. The van der Waals surface area contributed by atoms with E-state index in [0.29, 0.717) is 0 Å². The quantitative estimate of drug-likeness (QED) is 0.816. The molecule has 2 unspecified atom stereocenters. The van der Waals surface area contributed by atoms with Crippen LogP contribution in [0.25, 0.3) is 0 Å². The van der Waals surface area contributed by atoms with Gasteiger partial charge >= 0.3 is 11.9 Å². The third-order valence-corrected chi connectivity index (χ3v) is 4.30. The summed E-state index contributed by atoms with van der Waals surface area (Å²) in [6.07, 6.45) is 0.525. The Bertz CT molecular complexity index is 718. The van der Waals surface area contributed by atoms with Gasteiger partial charge in [-0.05, 0) is 16.7 Å². The molecule has 0 spiro atoms. The highest BCUT2D eigenvalue weighted by Crippen LogP contribution is 2.43. The minimum Gasteiger partial charge on any atom is -0.473 e. The summed E-state index contributed by atoms with van der Waals surface area (Å²) in [6, 6.07) is 19.3. The van der Waals surface area contributed by atoms with Crippen LogP contribution in [0.4, 0.5) is 0 Å². The van der Waals surface area contributed by atoms with Crippen molar-refractivity contribution in [2.24, 2.45) is 0 Å². The number of rotatable bonds is 2. The first-order valence-corrected chi connectivity index (χ1v) is 8.01.